The van der Waals surface area contributed by atoms with Gasteiger partial charge in [-0.2, -0.15) is 5.10 Å². The summed E-state index contributed by atoms with van der Waals surface area (Å²) >= 11 is 5.94. The van der Waals surface area contributed by atoms with Crippen LogP contribution < -0.4 is 10.1 Å². The average Bonchev–Trinajstić information content (AvgIpc) is 2.79. The van der Waals surface area contributed by atoms with E-state index in [4.69, 9.17) is 16.3 Å². The summed E-state index contributed by atoms with van der Waals surface area (Å²) in [6.45, 7) is 3.57. The number of nitrogens with zero attached hydrogens (tertiary/aromatic N) is 2. The molecule has 0 spiro atoms. The molecule has 0 saturated heterocycles. The van der Waals surface area contributed by atoms with E-state index in [0.29, 0.717) is 16.6 Å². The number of anilines is 1. The Balaban J connectivity index is 1.98. The van der Waals surface area contributed by atoms with Crippen LogP contribution in [-0.4, -0.2) is 21.8 Å². The van der Waals surface area contributed by atoms with Gasteiger partial charge in [-0.25, -0.2) is 0 Å². The number of benzene rings is 1. The lowest BCUT2D eigenvalue weighted by atomic mass is 10.2. The van der Waals surface area contributed by atoms with Gasteiger partial charge in [-0.1, -0.05) is 11.6 Å². The summed E-state index contributed by atoms with van der Waals surface area (Å²) in [5.74, 6) is 0.854. The molecule has 1 unspecified atom stereocenters. The third-order valence-corrected chi connectivity index (χ3v) is 3.20. The SMILES string of the molecule is Cc1cc(OC(C)C(=O)Nc2ccn(C)n2)ccc1Cl. The Labute approximate surface area is 122 Å². The van der Waals surface area contributed by atoms with Gasteiger partial charge in [0, 0.05) is 24.3 Å². The van der Waals surface area contributed by atoms with Crippen molar-refractivity contribution in [1.29, 1.82) is 0 Å². The van der Waals surface area contributed by atoms with Crippen LogP contribution in [0.15, 0.2) is 30.5 Å². The van der Waals surface area contributed by atoms with Crippen molar-refractivity contribution >= 4 is 23.3 Å². The number of rotatable bonds is 4. The molecule has 0 fully saturated rings. The van der Waals surface area contributed by atoms with Crippen LogP contribution in [0, 0.1) is 6.92 Å². The highest BCUT2D eigenvalue weighted by atomic mass is 35.5. The molecule has 1 amide bonds. The summed E-state index contributed by atoms with van der Waals surface area (Å²) in [4.78, 5) is 12.0. The third kappa shape index (κ3) is 3.51. The minimum atomic E-state index is -0.627. The van der Waals surface area contributed by atoms with Crippen LogP contribution in [0.4, 0.5) is 5.82 Å². The van der Waals surface area contributed by atoms with Gasteiger partial charge in [0.2, 0.25) is 0 Å². The summed E-state index contributed by atoms with van der Waals surface area (Å²) in [6, 6.07) is 7.00. The van der Waals surface area contributed by atoms with Gasteiger partial charge in [-0.3, -0.25) is 9.48 Å². The predicted molar refractivity (Wildman–Crippen MR) is 78.1 cm³/mol. The Bertz CT molecular complexity index is 625. The van der Waals surface area contributed by atoms with E-state index in [2.05, 4.69) is 10.4 Å². The predicted octanol–water partition coefficient (Wildman–Crippen LogP) is 2.79. The zero-order valence-electron chi connectivity index (χ0n) is 11.6. The average molecular weight is 294 g/mol. The van der Waals surface area contributed by atoms with Crippen molar-refractivity contribution in [3.8, 4) is 5.75 Å². The molecule has 0 aliphatic carbocycles. The lowest BCUT2D eigenvalue weighted by Crippen LogP contribution is -2.30. The van der Waals surface area contributed by atoms with Crippen LogP contribution in [0.2, 0.25) is 5.02 Å². The molecular weight excluding hydrogens is 278 g/mol. The molecule has 1 N–H and O–H groups in total. The van der Waals surface area contributed by atoms with Crippen molar-refractivity contribution < 1.29 is 9.53 Å². The zero-order chi connectivity index (χ0) is 14.7. The van der Waals surface area contributed by atoms with Crippen molar-refractivity contribution in [2.24, 2.45) is 7.05 Å². The minimum Gasteiger partial charge on any atom is -0.481 e. The first kappa shape index (κ1) is 14.4. The van der Waals surface area contributed by atoms with Crippen molar-refractivity contribution in [3.05, 3.63) is 41.0 Å². The summed E-state index contributed by atoms with van der Waals surface area (Å²) in [5.41, 5.74) is 0.904. The fourth-order valence-corrected chi connectivity index (χ4v) is 1.78. The molecule has 0 aliphatic heterocycles. The first-order valence-corrected chi connectivity index (χ1v) is 6.57. The normalized spacial score (nSPS) is 12.0. The largest absolute Gasteiger partial charge is 0.481 e. The van der Waals surface area contributed by atoms with Crippen LogP contribution in [0.25, 0.3) is 0 Å². The number of halogens is 1. The molecular formula is C14H16ClN3O2. The minimum absolute atomic E-state index is 0.253. The maximum Gasteiger partial charge on any atom is 0.266 e. The second-order valence-electron chi connectivity index (χ2n) is 4.53. The summed E-state index contributed by atoms with van der Waals surface area (Å²) in [6.07, 6.45) is 1.13. The van der Waals surface area contributed by atoms with E-state index in [9.17, 15) is 4.79 Å². The van der Waals surface area contributed by atoms with Gasteiger partial charge in [0.15, 0.2) is 11.9 Å². The molecule has 0 saturated carbocycles. The maximum atomic E-state index is 12.0. The number of ether oxygens (including phenoxy) is 1. The molecule has 20 heavy (non-hydrogen) atoms. The van der Waals surface area contributed by atoms with Gasteiger partial charge in [0.25, 0.3) is 5.91 Å². The van der Waals surface area contributed by atoms with Crippen molar-refractivity contribution in [1.82, 2.24) is 9.78 Å². The number of carbonyl (C=O) groups is 1. The second-order valence-corrected chi connectivity index (χ2v) is 4.94. The molecule has 0 aliphatic rings. The topological polar surface area (TPSA) is 56.1 Å². The first-order valence-electron chi connectivity index (χ1n) is 6.19. The van der Waals surface area contributed by atoms with E-state index in [1.807, 2.05) is 6.92 Å². The van der Waals surface area contributed by atoms with Gasteiger partial charge in [-0.15, -0.1) is 0 Å². The quantitative estimate of drug-likeness (QED) is 0.943. The van der Waals surface area contributed by atoms with Crippen LogP contribution in [0.1, 0.15) is 12.5 Å². The van der Waals surface area contributed by atoms with E-state index >= 15 is 0 Å². The molecule has 106 valence electrons. The van der Waals surface area contributed by atoms with Crippen LogP contribution in [0.5, 0.6) is 5.75 Å². The van der Waals surface area contributed by atoms with Crippen molar-refractivity contribution in [2.75, 3.05) is 5.32 Å². The lowest BCUT2D eigenvalue weighted by molar-refractivity contribution is -0.122. The molecule has 1 aromatic heterocycles. The number of amides is 1. The number of hydrogen-bond acceptors (Lipinski definition) is 3. The molecule has 2 rings (SSSR count). The van der Waals surface area contributed by atoms with Gasteiger partial charge in [0.1, 0.15) is 5.75 Å². The lowest BCUT2D eigenvalue weighted by Gasteiger charge is -2.14. The summed E-state index contributed by atoms with van der Waals surface area (Å²) in [7, 11) is 1.78. The summed E-state index contributed by atoms with van der Waals surface area (Å²) in [5, 5.41) is 7.43. The second kappa shape index (κ2) is 5.96. The smallest absolute Gasteiger partial charge is 0.266 e. The Morgan fingerprint density at radius 2 is 2.20 bits per heavy atom. The van der Waals surface area contributed by atoms with Gasteiger partial charge in [-0.05, 0) is 37.6 Å². The number of aromatic nitrogens is 2. The Morgan fingerprint density at radius 3 is 2.80 bits per heavy atom. The summed E-state index contributed by atoms with van der Waals surface area (Å²) < 4.78 is 7.20. The standard InChI is InChI=1S/C14H16ClN3O2/c1-9-8-11(4-5-12(9)15)20-10(2)14(19)16-13-6-7-18(3)17-13/h4-8,10H,1-3H3,(H,16,17,19). The van der Waals surface area contributed by atoms with Crippen molar-refractivity contribution in [2.45, 2.75) is 20.0 Å². The Morgan fingerprint density at radius 1 is 1.45 bits per heavy atom. The molecule has 0 radical (unpaired) electrons. The number of hydrogen-bond donors (Lipinski definition) is 1. The van der Waals surface area contributed by atoms with E-state index < -0.39 is 6.10 Å². The van der Waals surface area contributed by atoms with E-state index in [0.717, 1.165) is 5.56 Å². The fraction of sp³-hybridized carbons (Fsp3) is 0.286. The van der Waals surface area contributed by atoms with Crippen LogP contribution >= 0.6 is 11.6 Å². The zero-order valence-corrected chi connectivity index (χ0v) is 12.3. The highest BCUT2D eigenvalue weighted by Crippen LogP contribution is 2.22. The van der Waals surface area contributed by atoms with Crippen LogP contribution in [-0.2, 0) is 11.8 Å². The van der Waals surface area contributed by atoms with E-state index in [1.165, 1.54) is 0 Å². The number of carbonyl (C=O) groups excluding carboxylic acids is 1. The fourth-order valence-electron chi connectivity index (χ4n) is 1.66. The van der Waals surface area contributed by atoms with Crippen molar-refractivity contribution in [3.63, 3.8) is 0 Å². The molecule has 1 heterocycles. The molecule has 1 atom stereocenters. The van der Waals surface area contributed by atoms with E-state index in [-0.39, 0.29) is 5.91 Å². The molecule has 6 heteroatoms. The molecule has 1 aromatic carbocycles. The molecule has 0 bridgehead atoms. The molecule has 2 aromatic rings. The monoisotopic (exact) mass is 293 g/mol. The Hall–Kier alpha value is -2.01. The van der Waals surface area contributed by atoms with Gasteiger partial charge < -0.3 is 10.1 Å². The third-order valence-electron chi connectivity index (χ3n) is 2.78. The van der Waals surface area contributed by atoms with Gasteiger partial charge >= 0.3 is 0 Å². The first-order chi connectivity index (χ1) is 9.45. The maximum absolute atomic E-state index is 12.0. The van der Waals surface area contributed by atoms with Crippen LogP contribution in [0.3, 0.4) is 0 Å². The number of nitrogens with one attached hydrogen (secondary N) is 1. The van der Waals surface area contributed by atoms with Gasteiger partial charge in [0.05, 0.1) is 0 Å². The number of aryl methyl sites for hydroxylation is 2. The highest BCUT2D eigenvalue weighted by Gasteiger charge is 2.16. The molecule has 5 nitrogen and oxygen atoms in total. The van der Waals surface area contributed by atoms with E-state index in [1.54, 1.807) is 49.1 Å². The Kier molecular flexibility index (Phi) is 4.29. The highest BCUT2D eigenvalue weighted by molar-refractivity contribution is 6.31.